The minimum atomic E-state index is -0.0818. The van der Waals surface area contributed by atoms with Crippen LogP contribution >= 0.6 is 0 Å². The number of aromatic nitrogens is 2. The molecule has 0 aliphatic rings. The minimum Gasteiger partial charge on any atom is -0.348 e. The number of hydrogen-bond acceptors (Lipinski definition) is 2. The molecule has 1 aromatic heterocycles. The van der Waals surface area contributed by atoms with E-state index in [0.717, 1.165) is 17.0 Å². The number of H-pyrrole nitrogens is 1. The topological polar surface area (TPSA) is 57.8 Å². The number of nitrogens with zero attached hydrogens (tertiary/aromatic N) is 1. The normalized spacial score (nSPS) is 10.8. The molecule has 2 N–H and O–H groups in total. The van der Waals surface area contributed by atoms with Crippen molar-refractivity contribution in [2.45, 2.75) is 40.2 Å². The van der Waals surface area contributed by atoms with Crippen molar-refractivity contribution in [3.05, 3.63) is 52.3 Å². The zero-order chi connectivity index (χ0) is 14.7. The summed E-state index contributed by atoms with van der Waals surface area (Å²) in [6.45, 7) is 8.55. The van der Waals surface area contributed by atoms with Crippen LogP contribution in [0.1, 0.15) is 52.6 Å². The van der Waals surface area contributed by atoms with E-state index in [9.17, 15) is 4.79 Å². The van der Waals surface area contributed by atoms with Crippen LogP contribution in [0.2, 0.25) is 0 Å². The Bertz CT molecular complexity index is 577. The van der Waals surface area contributed by atoms with Crippen molar-refractivity contribution in [3.8, 4) is 0 Å². The van der Waals surface area contributed by atoms with Gasteiger partial charge in [0.25, 0.3) is 5.91 Å². The molecule has 4 nitrogen and oxygen atoms in total. The number of carbonyl (C=O) groups excluding carboxylic acids is 1. The summed E-state index contributed by atoms with van der Waals surface area (Å²) in [5.41, 5.74) is 4.58. The van der Waals surface area contributed by atoms with Crippen LogP contribution in [0.3, 0.4) is 0 Å². The van der Waals surface area contributed by atoms with Crippen molar-refractivity contribution < 1.29 is 4.79 Å². The summed E-state index contributed by atoms with van der Waals surface area (Å²) >= 11 is 0. The van der Waals surface area contributed by atoms with Gasteiger partial charge in [0, 0.05) is 12.2 Å². The van der Waals surface area contributed by atoms with E-state index in [4.69, 9.17) is 0 Å². The number of hydrogen-bond donors (Lipinski definition) is 2. The van der Waals surface area contributed by atoms with Crippen LogP contribution in [0.5, 0.6) is 0 Å². The van der Waals surface area contributed by atoms with Crippen LogP contribution in [-0.2, 0) is 6.54 Å². The smallest absolute Gasteiger partial charge is 0.255 e. The summed E-state index contributed by atoms with van der Waals surface area (Å²) in [5, 5.41) is 9.80. The van der Waals surface area contributed by atoms with Crippen LogP contribution in [0, 0.1) is 13.8 Å². The molecule has 4 heteroatoms. The quantitative estimate of drug-likeness (QED) is 0.897. The molecule has 0 saturated heterocycles. The molecule has 2 rings (SSSR count). The molecule has 0 spiro atoms. The molecule has 2 aromatic rings. The molecule has 0 aliphatic heterocycles. The molecule has 106 valence electrons. The molecule has 1 amide bonds. The van der Waals surface area contributed by atoms with Crippen molar-refractivity contribution in [3.63, 3.8) is 0 Å². The third kappa shape index (κ3) is 3.07. The Morgan fingerprint density at radius 3 is 2.40 bits per heavy atom. The number of amides is 1. The maximum absolute atomic E-state index is 12.1. The number of aromatic amines is 1. The van der Waals surface area contributed by atoms with Gasteiger partial charge in [0.15, 0.2) is 0 Å². The van der Waals surface area contributed by atoms with Crippen LogP contribution in [0.4, 0.5) is 0 Å². The number of carbonyl (C=O) groups is 1. The summed E-state index contributed by atoms with van der Waals surface area (Å²) in [4.78, 5) is 12.1. The van der Waals surface area contributed by atoms with Gasteiger partial charge in [0.1, 0.15) is 0 Å². The lowest BCUT2D eigenvalue weighted by atomic mass is 10.0. The van der Waals surface area contributed by atoms with Gasteiger partial charge in [-0.3, -0.25) is 9.89 Å². The second kappa shape index (κ2) is 5.90. The van der Waals surface area contributed by atoms with Crippen molar-refractivity contribution in [1.82, 2.24) is 15.5 Å². The lowest BCUT2D eigenvalue weighted by Crippen LogP contribution is -2.23. The minimum absolute atomic E-state index is 0.0818. The monoisotopic (exact) mass is 271 g/mol. The zero-order valence-corrected chi connectivity index (χ0v) is 12.4. The van der Waals surface area contributed by atoms with Gasteiger partial charge in [0.2, 0.25) is 0 Å². The summed E-state index contributed by atoms with van der Waals surface area (Å²) < 4.78 is 0. The highest BCUT2D eigenvalue weighted by molar-refractivity contribution is 5.96. The third-order valence-corrected chi connectivity index (χ3v) is 3.45. The number of nitrogens with one attached hydrogen (secondary N) is 2. The molecule has 20 heavy (non-hydrogen) atoms. The summed E-state index contributed by atoms with van der Waals surface area (Å²) in [6.07, 6.45) is 0. The van der Waals surface area contributed by atoms with Crippen molar-refractivity contribution in [1.29, 1.82) is 0 Å². The predicted molar refractivity (Wildman–Crippen MR) is 79.8 cm³/mol. The second-order valence-corrected chi connectivity index (χ2v) is 5.39. The van der Waals surface area contributed by atoms with Crippen LogP contribution in [0.15, 0.2) is 24.3 Å². The Balaban J connectivity index is 2.00. The molecule has 0 atom stereocenters. The van der Waals surface area contributed by atoms with E-state index in [1.807, 2.05) is 13.8 Å². The molecule has 0 saturated carbocycles. The Kier molecular flexibility index (Phi) is 4.23. The molecular weight excluding hydrogens is 250 g/mol. The Labute approximate surface area is 119 Å². The maximum Gasteiger partial charge on any atom is 0.255 e. The average Bonchev–Trinajstić information content (AvgIpc) is 2.76. The standard InChI is InChI=1S/C16H21N3O/c1-10(2)14-7-5-13(6-8-14)9-17-16(20)15-11(3)18-19-12(15)4/h5-8,10H,9H2,1-4H3,(H,17,20)(H,18,19). The van der Waals surface area contributed by atoms with Gasteiger partial charge in [0.05, 0.1) is 11.3 Å². The van der Waals surface area contributed by atoms with Crippen LogP contribution in [-0.4, -0.2) is 16.1 Å². The first-order valence-electron chi connectivity index (χ1n) is 6.87. The maximum atomic E-state index is 12.1. The SMILES string of the molecule is Cc1n[nH]c(C)c1C(=O)NCc1ccc(C(C)C)cc1. The third-order valence-electron chi connectivity index (χ3n) is 3.45. The molecule has 1 heterocycles. The zero-order valence-electron chi connectivity index (χ0n) is 12.4. The first kappa shape index (κ1) is 14.3. The van der Waals surface area contributed by atoms with Gasteiger partial charge in [-0.2, -0.15) is 5.10 Å². The molecule has 0 bridgehead atoms. The van der Waals surface area contributed by atoms with E-state index in [-0.39, 0.29) is 5.91 Å². The van der Waals surface area contributed by atoms with Crippen molar-refractivity contribution in [2.24, 2.45) is 0 Å². The highest BCUT2D eigenvalue weighted by Crippen LogP contribution is 2.15. The van der Waals surface area contributed by atoms with E-state index in [2.05, 4.69) is 53.6 Å². The highest BCUT2D eigenvalue weighted by Gasteiger charge is 2.14. The Morgan fingerprint density at radius 1 is 1.25 bits per heavy atom. The van der Waals surface area contributed by atoms with E-state index in [1.165, 1.54) is 5.56 Å². The van der Waals surface area contributed by atoms with Crippen molar-refractivity contribution in [2.75, 3.05) is 0 Å². The fourth-order valence-electron chi connectivity index (χ4n) is 2.18. The molecular formula is C16H21N3O. The lowest BCUT2D eigenvalue weighted by Gasteiger charge is -2.08. The summed E-state index contributed by atoms with van der Waals surface area (Å²) in [6, 6.07) is 8.34. The van der Waals surface area contributed by atoms with Gasteiger partial charge >= 0.3 is 0 Å². The fourth-order valence-corrected chi connectivity index (χ4v) is 2.18. The van der Waals surface area contributed by atoms with Gasteiger partial charge < -0.3 is 5.32 Å². The largest absolute Gasteiger partial charge is 0.348 e. The molecule has 1 aromatic carbocycles. The van der Waals surface area contributed by atoms with E-state index in [1.54, 1.807) is 0 Å². The van der Waals surface area contributed by atoms with E-state index < -0.39 is 0 Å². The van der Waals surface area contributed by atoms with E-state index >= 15 is 0 Å². The van der Waals surface area contributed by atoms with Crippen molar-refractivity contribution >= 4 is 5.91 Å². The first-order chi connectivity index (χ1) is 9.49. The number of aryl methyl sites for hydroxylation is 2. The fraction of sp³-hybridized carbons (Fsp3) is 0.375. The van der Waals surface area contributed by atoms with Gasteiger partial charge in [-0.25, -0.2) is 0 Å². The van der Waals surface area contributed by atoms with Crippen LogP contribution < -0.4 is 5.32 Å². The molecule has 0 radical (unpaired) electrons. The Hall–Kier alpha value is -2.10. The van der Waals surface area contributed by atoms with E-state index in [0.29, 0.717) is 18.0 Å². The summed E-state index contributed by atoms with van der Waals surface area (Å²) in [5.74, 6) is 0.441. The predicted octanol–water partition coefficient (Wildman–Crippen LogP) is 3.08. The molecule has 0 aliphatic carbocycles. The number of benzene rings is 1. The molecule has 0 fully saturated rings. The lowest BCUT2D eigenvalue weighted by molar-refractivity contribution is 0.0950. The van der Waals surface area contributed by atoms with Gasteiger partial charge in [-0.15, -0.1) is 0 Å². The molecule has 0 unspecified atom stereocenters. The van der Waals surface area contributed by atoms with Gasteiger partial charge in [-0.05, 0) is 30.9 Å². The summed E-state index contributed by atoms with van der Waals surface area (Å²) in [7, 11) is 0. The highest BCUT2D eigenvalue weighted by atomic mass is 16.1. The van der Waals surface area contributed by atoms with Gasteiger partial charge in [-0.1, -0.05) is 38.1 Å². The number of rotatable bonds is 4. The first-order valence-corrected chi connectivity index (χ1v) is 6.87. The Morgan fingerprint density at radius 2 is 1.90 bits per heavy atom. The average molecular weight is 271 g/mol. The second-order valence-electron chi connectivity index (χ2n) is 5.39. The van der Waals surface area contributed by atoms with Crippen LogP contribution in [0.25, 0.3) is 0 Å².